The first-order chi connectivity index (χ1) is 9.47. The standard InChI is InChI=1S/C14H12BrFN2O2/c1-20-13-5-9(15)4-12(7-13)18-14(19)8-2-10(16)6-11(17)3-8/h2-7H,17H2,1H3,(H,18,19). The van der Waals surface area contributed by atoms with Crippen LogP contribution in [0.3, 0.4) is 0 Å². The van der Waals surface area contributed by atoms with Gasteiger partial charge in [0.05, 0.1) is 7.11 Å². The summed E-state index contributed by atoms with van der Waals surface area (Å²) in [6, 6.07) is 8.82. The van der Waals surface area contributed by atoms with Gasteiger partial charge in [0.1, 0.15) is 11.6 Å². The fourth-order valence-electron chi connectivity index (χ4n) is 1.70. The van der Waals surface area contributed by atoms with E-state index in [1.807, 2.05) is 0 Å². The van der Waals surface area contributed by atoms with Crippen LogP contribution in [0.5, 0.6) is 5.75 Å². The predicted molar refractivity (Wildman–Crippen MR) is 79.5 cm³/mol. The molecule has 3 N–H and O–H groups in total. The summed E-state index contributed by atoms with van der Waals surface area (Å²) < 4.78 is 19.1. The first kappa shape index (κ1) is 14.3. The van der Waals surface area contributed by atoms with E-state index in [1.165, 1.54) is 13.2 Å². The number of nitrogen functional groups attached to an aromatic ring is 1. The quantitative estimate of drug-likeness (QED) is 0.842. The van der Waals surface area contributed by atoms with Crippen molar-refractivity contribution in [2.24, 2.45) is 0 Å². The number of rotatable bonds is 3. The number of anilines is 2. The van der Waals surface area contributed by atoms with E-state index >= 15 is 0 Å². The smallest absolute Gasteiger partial charge is 0.255 e. The Bertz CT molecular complexity index is 641. The average Bonchev–Trinajstić information content (AvgIpc) is 2.36. The van der Waals surface area contributed by atoms with Crippen molar-refractivity contribution in [3.05, 3.63) is 52.3 Å². The van der Waals surface area contributed by atoms with Crippen molar-refractivity contribution in [2.75, 3.05) is 18.2 Å². The highest BCUT2D eigenvalue weighted by Crippen LogP contribution is 2.25. The lowest BCUT2D eigenvalue weighted by Gasteiger charge is -2.09. The molecule has 0 atom stereocenters. The molecule has 0 saturated heterocycles. The number of methoxy groups -OCH3 is 1. The van der Waals surface area contributed by atoms with Crippen LogP contribution in [-0.4, -0.2) is 13.0 Å². The van der Waals surface area contributed by atoms with Gasteiger partial charge in [-0.15, -0.1) is 0 Å². The molecule has 6 heteroatoms. The minimum atomic E-state index is -0.554. The zero-order valence-corrected chi connectivity index (χ0v) is 12.2. The maximum atomic E-state index is 13.2. The van der Waals surface area contributed by atoms with Gasteiger partial charge in [-0.2, -0.15) is 0 Å². The van der Waals surface area contributed by atoms with Crippen molar-refractivity contribution >= 4 is 33.2 Å². The Morgan fingerprint density at radius 2 is 2.00 bits per heavy atom. The first-order valence-corrected chi connectivity index (χ1v) is 6.49. The van der Waals surface area contributed by atoms with Crippen LogP contribution in [0.2, 0.25) is 0 Å². The van der Waals surface area contributed by atoms with Gasteiger partial charge in [0.2, 0.25) is 0 Å². The van der Waals surface area contributed by atoms with Crippen molar-refractivity contribution in [1.82, 2.24) is 0 Å². The summed E-state index contributed by atoms with van der Waals surface area (Å²) in [4.78, 5) is 12.0. The Hall–Kier alpha value is -2.08. The summed E-state index contributed by atoms with van der Waals surface area (Å²) in [6.45, 7) is 0. The second kappa shape index (κ2) is 5.92. The van der Waals surface area contributed by atoms with Gasteiger partial charge in [-0.1, -0.05) is 15.9 Å². The molecule has 0 aliphatic heterocycles. The first-order valence-electron chi connectivity index (χ1n) is 5.70. The molecule has 104 valence electrons. The number of carbonyl (C=O) groups is 1. The molecule has 2 aromatic rings. The lowest BCUT2D eigenvalue weighted by molar-refractivity contribution is 0.102. The fraction of sp³-hybridized carbons (Fsp3) is 0.0714. The molecular formula is C14H12BrFN2O2. The lowest BCUT2D eigenvalue weighted by Crippen LogP contribution is -2.12. The molecule has 0 spiro atoms. The van der Waals surface area contributed by atoms with E-state index in [9.17, 15) is 9.18 Å². The fourth-order valence-corrected chi connectivity index (χ4v) is 2.17. The second-order valence-corrected chi connectivity index (χ2v) is 5.02. The number of halogens is 2. The van der Waals surface area contributed by atoms with Crippen LogP contribution in [0, 0.1) is 5.82 Å². The number of carbonyl (C=O) groups excluding carboxylic acids is 1. The van der Waals surface area contributed by atoms with E-state index in [0.29, 0.717) is 11.4 Å². The summed E-state index contributed by atoms with van der Waals surface area (Å²) in [7, 11) is 1.53. The Kier molecular flexibility index (Phi) is 4.24. The van der Waals surface area contributed by atoms with Gasteiger partial charge < -0.3 is 15.8 Å². The number of nitrogens with one attached hydrogen (secondary N) is 1. The van der Waals surface area contributed by atoms with Gasteiger partial charge in [0.25, 0.3) is 5.91 Å². The van der Waals surface area contributed by atoms with Gasteiger partial charge in [0.15, 0.2) is 0 Å². The summed E-state index contributed by atoms with van der Waals surface area (Å²) in [5.41, 5.74) is 6.39. The van der Waals surface area contributed by atoms with Gasteiger partial charge in [-0.25, -0.2) is 4.39 Å². The normalized spacial score (nSPS) is 10.2. The Morgan fingerprint density at radius 1 is 1.25 bits per heavy atom. The monoisotopic (exact) mass is 338 g/mol. The molecule has 0 aliphatic rings. The van der Waals surface area contributed by atoms with Crippen LogP contribution >= 0.6 is 15.9 Å². The number of nitrogens with two attached hydrogens (primary N) is 1. The molecule has 20 heavy (non-hydrogen) atoms. The third kappa shape index (κ3) is 3.48. The van der Waals surface area contributed by atoms with Gasteiger partial charge in [0, 0.05) is 27.5 Å². The topological polar surface area (TPSA) is 64.3 Å². The highest BCUT2D eigenvalue weighted by atomic mass is 79.9. The molecule has 0 unspecified atom stereocenters. The third-order valence-corrected chi connectivity index (χ3v) is 3.01. The van der Waals surface area contributed by atoms with Crippen molar-refractivity contribution in [1.29, 1.82) is 0 Å². The average molecular weight is 339 g/mol. The largest absolute Gasteiger partial charge is 0.497 e. The van der Waals surface area contributed by atoms with Gasteiger partial charge >= 0.3 is 0 Å². The third-order valence-electron chi connectivity index (χ3n) is 2.55. The zero-order chi connectivity index (χ0) is 14.7. The van der Waals surface area contributed by atoms with E-state index in [-0.39, 0.29) is 11.3 Å². The Morgan fingerprint density at radius 3 is 2.65 bits per heavy atom. The SMILES string of the molecule is COc1cc(Br)cc(NC(=O)c2cc(N)cc(F)c2)c1. The molecule has 2 rings (SSSR count). The molecule has 0 bridgehead atoms. The molecule has 0 aliphatic carbocycles. The van der Waals surface area contributed by atoms with Gasteiger partial charge in [-0.3, -0.25) is 4.79 Å². The maximum Gasteiger partial charge on any atom is 0.255 e. The molecule has 2 aromatic carbocycles. The second-order valence-electron chi connectivity index (χ2n) is 4.11. The summed E-state index contributed by atoms with van der Waals surface area (Å²) >= 11 is 3.31. The maximum absolute atomic E-state index is 13.2. The van der Waals surface area contributed by atoms with Crippen LogP contribution in [0.15, 0.2) is 40.9 Å². The number of hydrogen-bond donors (Lipinski definition) is 2. The molecule has 0 heterocycles. The minimum Gasteiger partial charge on any atom is -0.497 e. The summed E-state index contributed by atoms with van der Waals surface area (Å²) in [5, 5.41) is 2.66. The van der Waals surface area contributed by atoms with E-state index < -0.39 is 11.7 Å². The summed E-state index contributed by atoms with van der Waals surface area (Å²) in [6.07, 6.45) is 0. The Balaban J connectivity index is 2.25. The molecule has 1 amide bonds. The van der Waals surface area contributed by atoms with Crippen LogP contribution in [0.25, 0.3) is 0 Å². The van der Waals surface area contributed by atoms with Crippen LogP contribution in [0.4, 0.5) is 15.8 Å². The van der Waals surface area contributed by atoms with E-state index in [4.69, 9.17) is 10.5 Å². The molecule has 4 nitrogen and oxygen atoms in total. The van der Waals surface area contributed by atoms with E-state index in [2.05, 4.69) is 21.2 Å². The van der Waals surface area contributed by atoms with Crippen molar-refractivity contribution in [2.45, 2.75) is 0 Å². The van der Waals surface area contributed by atoms with Crippen molar-refractivity contribution in [3.63, 3.8) is 0 Å². The number of benzene rings is 2. The van der Waals surface area contributed by atoms with E-state index in [1.54, 1.807) is 18.2 Å². The zero-order valence-electron chi connectivity index (χ0n) is 10.6. The minimum absolute atomic E-state index is 0.154. The van der Waals surface area contributed by atoms with E-state index in [0.717, 1.165) is 16.6 Å². The Labute approximate surface area is 123 Å². The highest BCUT2D eigenvalue weighted by molar-refractivity contribution is 9.10. The van der Waals surface area contributed by atoms with Crippen molar-refractivity contribution < 1.29 is 13.9 Å². The molecule has 0 fully saturated rings. The molecule has 0 radical (unpaired) electrons. The lowest BCUT2D eigenvalue weighted by atomic mass is 10.1. The van der Waals surface area contributed by atoms with Gasteiger partial charge in [-0.05, 0) is 30.3 Å². The predicted octanol–water partition coefficient (Wildman–Crippen LogP) is 3.43. The number of ether oxygens (including phenoxy) is 1. The highest BCUT2D eigenvalue weighted by Gasteiger charge is 2.09. The molecule has 0 saturated carbocycles. The number of amides is 1. The van der Waals surface area contributed by atoms with Crippen LogP contribution < -0.4 is 15.8 Å². The van der Waals surface area contributed by atoms with Crippen LogP contribution in [0.1, 0.15) is 10.4 Å². The number of hydrogen-bond acceptors (Lipinski definition) is 3. The van der Waals surface area contributed by atoms with Crippen LogP contribution in [-0.2, 0) is 0 Å². The van der Waals surface area contributed by atoms with Crippen molar-refractivity contribution in [3.8, 4) is 5.75 Å². The molecular weight excluding hydrogens is 327 g/mol. The summed E-state index contributed by atoms with van der Waals surface area (Å²) in [5.74, 6) is -0.410. The molecule has 0 aromatic heterocycles.